The summed E-state index contributed by atoms with van der Waals surface area (Å²) in [7, 11) is 3.72. The molecule has 0 N–H and O–H groups in total. The molecule has 0 amide bonds. The molecule has 1 aliphatic rings. The lowest BCUT2D eigenvalue weighted by atomic mass is 10.0. The lowest BCUT2D eigenvalue weighted by Gasteiger charge is -2.29. The SMILES string of the molecule is CC.CC(C)(C)OC=O.CC[C@@H]1C[C@H](N(Cc2cc(C(F)(F)F)cc(C(F)(F)F)c2)c2ncc(-c3cnn(C)c3)cn2)CN1C. The van der Waals surface area contributed by atoms with Crippen LogP contribution in [0.5, 0.6) is 0 Å². The van der Waals surface area contributed by atoms with Gasteiger partial charge in [0.1, 0.15) is 5.60 Å². The summed E-state index contributed by atoms with van der Waals surface area (Å²) in [6.07, 6.45) is -1.68. The Hall–Kier alpha value is -3.68. The third-order valence-electron chi connectivity index (χ3n) is 6.91. The van der Waals surface area contributed by atoms with Crippen LogP contribution in [0.1, 0.15) is 71.1 Å². The molecule has 0 radical (unpaired) electrons. The average Bonchev–Trinajstić information content (AvgIpc) is 3.56. The van der Waals surface area contributed by atoms with Gasteiger partial charge in [-0.3, -0.25) is 9.48 Å². The largest absolute Gasteiger partial charge is 0.462 e. The molecule has 3 heterocycles. The highest BCUT2D eigenvalue weighted by Gasteiger charge is 2.38. The Morgan fingerprint density at radius 3 is 1.87 bits per heavy atom. The topological polar surface area (TPSA) is 76.4 Å². The van der Waals surface area contributed by atoms with Crippen LogP contribution in [0.15, 0.2) is 43.0 Å². The van der Waals surface area contributed by atoms with E-state index in [2.05, 4.69) is 24.7 Å². The lowest BCUT2D eigenvalue weighted by molar-refractivity contribution is -0.143. The van der Waals surface area contributed by atoms with E-state index in [9.17, 15) is 31.1 Å². The molecule has 1 fully saturated rings. The zero-order valence-electron chi connectivity index (χ0n) is 26.9. The maximum atomic E-state index is 13.4. The minimum atomic E-state index is -4.91. The molecule has 0 bridgehead atoms. The second kappa shape index (κ2) is 15.5. The van der Waals surface area contributed by atoms with Crippen molar-refractivity contribution in [1.82, 2.24) is 24.6 Å². The molecule has 3 aromatic rings. The van der Waals surface area contributed by atoms with Gasteiger partial charge in [0.25, 0.3) is 6.47 Å². The first-order valence-corrected chi connectivity index (χ1v) is 14.6. The maximum absolute atomic E-state index is 13.4. The number of alkyl halides is 6. The van der Waals surface area contributed by atoms with Crippen LogP contribution < -0.4 is 4.90 Å². The van der Waals surface area contributed by atoms with Gasteiger partial charge >= 0.3 is 12.4 Å². The monoisotopic (exact) mass is 644 g/mol. The van der Waals surface area contributed by atoms with Crippen molar-refractivity contribution >= 4 is 12.4 Å². The number of nitrogens with zero attached hydrogens (tertiary/aromatic N) is 6. The number of anilines is 1. The van der Waals surface area contributed by atoms with Crippen molar-refractivity contribution in [2.75, 3.05) is 18.5 Å². The molecule has 2 atom stereocenters. The third-order valence-corrected chi connectivity index (χ3v) is 6.91. The number of likely N-dealkylation sites (tertiary alicyclic amines) is 1. The molecule has 0 saturated carbocycles. The van der Waals surface area contributed by atoms with Crippen molar-refractivity contribution in [2.45, 2.75) is 91.0 Å². The second-order valence-corrected chi connectivity index (χ2v) is 11.4. The predicted molar refractivity (Wildman–Crippen MR) is 160 cm³/mol. The predicted octanol–water partition coefficient (Wildman–Crippen LogP) is 7.39. The highest BCUT2D eigenvalue weighted by molar-refractivity contribution is 5.60. The minimum absolute atomic E-state index is 0.111. The Bertz CT molecular complexity index is 1320. The van der Waals surface area contributed by atoms with Crippen LogP contribution in [-0.4, -0.2) is 62.4 Å². The van der Waals surface area contributed by atoms with E-state index in [4.69, 9.17) is 0 Å². The molecular formula is C31H42F6N6O2. The fourth-order valence-electron chi connectivity index (χ4n) is 4.76. The van der Waals surface area contributed by atoms with E-state index in [1.807, 2.05) is 48.6 Å². The third kappa shape index (κ3) is 11.0. The first-order chi connectivity index (χ1) is 20.9. The number of benzene rings is 1. The smallest absolute Gasteiger partial charge is 0.416 e. The standard InChI is InChI=1S/C24H26F6N6.C5H10O2.C2H6/c1-4-20-8-21(14-34(20)2)36(22-31-9-16(10-32-22)17-11-33-35(3)13-17)12-15-5-18(23(25,26)27)7-19(6-15)24(28,29)30;1-5(2,3)7-4-6;1-2/h5-7,9-11,13,20-21H,4,8,12,14H2,1-3H3;4H,1-3H3;1-2H3/t20-,21+;;/m1../s1. The van der Waals surface area contributed by atoms with Gasteiger partial charge in [-0.15, -0.1) is 0 Å². The first-order valence-electron chi connectivity index (χ1n) is 14.6. The zero-order chi connectivity index (χ0) is 34.2. The summed E-state index contributed by atoms with van der Waals surface area (Å²) < 4.78 is 86.8. The Labute approximate surface area is 260 Å². The van der Waals surface area contributed by atoms with E-state index < -0.39 is 23.5 Å². The average molecular weight is 645 g/mol. The fraction of sp³-hybridized carbons (Fsp3) is 0.548. The van der Waals surface area contributed by atoms with E-state index in [1.54, 1.807) is 41.4 Å². The molecule has 0 aliphatic carbocycles. The van der Waals surface area contributed by atoms with Crippen molar-refractivity contribution < 1.29 is 35.9 Å². The van der Waals surface area contributed by atoms with Crippen LogP contribution in [0.25, 0.3) is 11.1 Å². The van der Waals surface area contributed by atoms with Gasteiger partial charge in [-0.2, -0.15) is 31.4 Å². The molecule has 45 heavy (non-hydrogen) atoms. The summed E-state index contributed by atoms with van der Waals surface area (Å²) in [5, 5.41) is 4.11. The number of aryl methyl sites for hydroxylation is 1. The van der Waals surface area contributed by atoms with Crippen LogP contribution in [0.4, 0.5) is 32.3 Å². The summed E-state index contributed by atoms with van der Waals surface area (Å²) in [6.45, 7) is 12.3. The molecule has 1 saturated heterocycles. The van der Waals surface area contributed by atoms with Crippen molar-refractivity contribution in [3.05, 3.63) is 59.7 Å². The van der Waals surface area contributed by atoms with Crippen LogP contribution in [0.2, 0.25) is 0 Å². The van der Waals surface area contributed by atoms with Gasteiger partial charge in [-0.05, 0) is 64.4 Å². The summed E-state index contributed by atoms with van der Waals surface area (Å²) in [5.74, 6) is 0.240. The summed E-state index contributed by atoms with van der Waals surface area (Å²) in [4.78, 5) is 22.3. The number of carbonyl (C=O) groups is 1. The Kier molecular flexibility index (Phi) is 13.0. The number of rotatable bonds is 7. The highest BCUT2D eigenvalue weighted by atomic mass is 19.4. The number of ether oxygens (including phenoxy) is 1. The Morgan fingerprint density at radius 2 is 1.49 bits per heavy atom. The number of halogens is 6. The van der Waals surface area contributed by atoms with Gasteiger partial charge in [-0.25, -0.2) is 9.97 Å². The molecule has 0 unspecified atom stereocenters. The van der Waals surface area contributed by atoms with E-state index in [0.717, 1.165) is 24.1 Å². The van der Waals surface area contributed by atoms with Crippen LogP contribution in [-0.2, 0) is 35.5 Å². The van der Waals surface area contributed by atoms with Gasteiger partial charge in [0.05, 0.1) is 17.3 Å². The summed E-state index contributed by atoms with van der Waals surface area (Å²) >= 11 is 0. The summed E-state index contributed by atoms with van der Waals surface area (Å²) in [6, 6.07) is 1.72. The minimum Gasteiger partial charge on any atom is -0.462 e. The van der Waals surface area contributed by atoms with E-state index in [-0.39, 0.29) is 41.8 Å². The Morgan fingerprint density at radius 1 is 0.933 bits per heavy atom. The van der Waals surface area contributed by atoms with Gasteiger partial charge in [-0.1, -0.05) is 20.8 Å². The first kappa shape index (κ1) is 37.5. The quantitative estimate of drug-likeness (QED) is 0.196. The molecule has 250 valence electrons. The van der Waals surface area contributed by atoms with Gasteiger partial charge in [0.2, 0.25) is 5.95 Å². The number of carbonyl (C=O) groups excluding carboxylic acids is 1. The van der Waals surface area contributed by atoms with E-state index in [1.165, 1.54) is 0 Å². The molecule has 4 rings (SSSR count). The highest BCUT2D eigenvalue weighted by Crippen LogP contribution is 2.37. The number of hydrogen-bond acceptors (Lipinski definition) is 7. The van der Waals surface area contributed by atoms with Crippen molar-refractivity contribution in [1.29, 1.82) is 0 Å². The van der Waals surface area contributed by atoms with E-state index >= 15 is 0 Å². The molecule has 2 aromatic heterocycles. The van der Waals surface area contributed by atoms with Crippen LogP contribution >= 0.6 is 0 Å². The van der Waals surface area contributed by atoms with Crippen LogP contribution in [0, 0.1) is 0 Å². The lowest BCUT2D eigenvalue weighted by Crippen LogP contribution is -2.38. The summed E-state index contributed by atoms with van der Waals surface area (Å²) in [5.41, 5.74) is -1.62. The normalized spacial score (nSPS) is 17.1. The molecule has 8 nitrogen and oxygen atoms in total. The molecular weight excluding hydrogens is 602 g/mol. The number of aromatic nitrogens is 4. The van der Waals surface area contributed by atoms with E-state index in [0.29, 0.717) is 25.0 Å². The fourth-order valence-corrected chi connectivity index (χ4v) is 4.76. The van der Waals surface area contributed by atoms with Gasteiger partial charge < -0.3 is 14.5 Å². The molecule has 14 heteroatoms. The second-order valence-electron chi connectivity index (χ2n) is 11.4. The maximum Gasteiger partial charge on any atom is 0.416 e. The van der Waals surface area contributed by atoms with Crippen molar-refractivity contribution in [3.8, 4) is 11.1 Å². The number of likely N-dealkylation sites (N-methyl/N-ethyl adjacent to an activating group) is 1. The van der Waals surface area contributed by atoms with Gasteiger partial charge in [0, 0.05) is 61.9 Å². The van der Waals surface area contributed by atoms with Crippen molar-refractivity contribution in [3.63, 3.8) is 0 Å². The Balaban J connectivity index is 0.000000692. The zero-order valence-corrected chi connectivity index (χ0v) is 26.9. The molecule has 0 spiro atoms. The van der Waals surface area contributed by atoms with Gasteiger partial charge in [0.15, 0.2) is 0 Å². The number of hydrogen-bond donors (Lipinski definition) is 0. The molecule has 1 aliphatic heterocycles. The van der Waals surface area contributed by atoms with Crippen LogP contribution in [0.3, 0.4) is 0 Å². The van der Waals surface area contributed by atoms with Crippen molar-refractivity contribution in [2.24, 2.45) is 7.05 Å². The molecule has 1 aromatic carbocycles.